The first kappa shape index (κ1) is 14.5. The Morgan fingerprint density at radius 1 is 1.44 bits per heavy atom. The molecule has 1 aliphatic heterocycles. The molecule has 0 fully saturated rings. The number of carboxylic acids is 1. The average Bonchev–Trinajstić information content (AvgIpc) is 2.55. The van der Waals surface area contributed by atoms with Crippen LogP contribution in [0.2, 0.25) is 0 Å². The van der Waals surface area contributed by atoms with Crippen LogP contribution >= 0.6 is 0 Å². The van der Waals surface area contributed by atoms with Crippen molar-refractivity contribution in [3.63, 3.8) is 0 Å². The van der Waals surface area contributed by atoms with Crippen LogP contribution in [0.4, 0.5) is 22.0 Å². The van der Waals surface area contributed by atoms with Crippen molar-refractivity contribution in [3.8, 4) is 0 Å². The molecule has 2 N–H and O–H groups in total. The first-order valence-corrected chi connectivity index (χ1v) is 4.83. The second-order valence-electron chi connectivity index (χ2n) is 3.84. The predicted octanol–water partition coefficient (Wildman–Crippen LogP) is 1.73. The van der Waals surface area contributed by atoms with Crippen LogP contribution in [0, 0.1) is 5.92 Å². The van der Waals surface area contributed by atoms with E-state index < -0.39 is 36.6 Å². The van der Waals surface area contributed by atoms with Gasteiger partial charge in [0.25, 0.3) is 0 Å². The van der Waals surface area contributed by atoms with E-state index in [4.69, 9.17) is 5.11 Å². The van der Waals surface area contributed by atoms with E-state index in [0.717, 1.165) is 6.08 Å². The van der Waals surface area contributed by atoms with Gasteiger partial charge >= 0.3 is 18.1 Å². The van der Waals surface area contributed by atoms with Gasteiger partial charge in [-0.2, -0.15) is 22.0 Å². The number of hydrogen-bond acceptors (Lipinski definition) is 3. The molecule has 0 saturated heterocycles. The lowest BCUT2D eigenvalue weighted by Gasteiger charge is -2.20. The van der Waals surface area contributed by atoms with Crippen molar-refractivity contribution in [2.45, 2.75) is 25.1 Å². The van der Waals surface area contributed by atoms with E-state index in [1.165, 1.54) is 6.92 Å². The van der Waals surface area contributed by atoms with Crippen molar-refractivity contribution in [2.75, 3.05) is 6.61 Å². The van der Waals surface area contributed by atoms with E-state index in [1.807, 2.05) is 0 Å². The lowest BCUT2D eigenvalue weighted by Crippen LogP contribution is -2.42. The van der Waals surface area contributed by atoms with Crippen molar-refractivity contribution in [1.29, 1.82) is 0 Å². The molecule has 0 aliphatic carbocycles. The Morgan fingerprint density at radius 2 is 2.00 bits per heavy atom. The van der Waals surface area contributed by atoms with Gasteiger partial charge in [0, 0.05) is 5.92 Å². The number of hydrogen-bond donors (Lipinski definition) is 2. The van der Waals surface area contributed by atoms with Crippen LogP contribution in [0.3, 0.4) is 0 Å². The van der Waals surface area contributed by atoms with Crippen molar-refractivity contribution >= 4 is 5.97 Å². The maximum Gasteiger partial charge on any atom is 0.456 e. The summed E-state index contributed by atoms with van der Waals surface area (Å²) in [6, 6.07) is -1.10. The molecular weight excluding hydrogens is 265 g/mol. The minimum atomic E-state index is -5.70. The third kappa shape index (κ3) is 3.02. The van der Waals surface area contributed by atoms with Crippen molar-refractivity contribution < 1.29 is 36.6 Å². The smallest absolute Gasteiger partial charge is 0.456 e. The topological polar surface area (TPSA) is 58.6 Å². The Hall–Kier alpha value is -1.54. The average molecular weight is 275 g/mol. The van der Waals surface area contributed by atoms with E-state index >= 15 is 0 Å². The highest BCUT2D eigenvalue weighted by Gasteiger charge is 2.58. The van der Waals surface area contributed by atoms with Crippen LogP contribution in [0.25, 0.3) is 0 Å². The molecule has 2 atom stereocenters. The summed E-state index contributed by atoms with van der Waals surface area (Å²) < 4.78 is 64.8. The van der Waals surface area contributed by atoms with Gasteiger partial charge in [-0.1, -0.05) is 6.92 Å². The predicted molar refractivity (Wildman–Crippen MR) is 48.8 cm³/mol. The zero-order valence-corrected chi connectivity index (χ0v) is 9.09. The van der Waals surface area contributed by atoms with Gasteiger partial charge in [0.1, 0.15) is 6.04 Å². The summed E-state index contributed by atoms with van der Waals surface area (Å²) in [5.74, 6) is -7.20. The second kappa shape index (κ2) is 4.62. The quantitative estimate of drug-likeness (QED) is 0.767. The molecule has 0 aromatic heterocycles. The van der Waals surface area contributed by atoms with Crippen molar-refractivity contribution in [1.82, 2.24) is 5.32 Å². The van der Waals surface area contributed by atoms with Crippen LogP contribution in [-0.4, -0.2) is 35.8 Å². The first-order chi connectivity index (χ1) is 8.04. The summed E-state index contributed by atoms with van der Waals surface area (Å²) in [5.41, 5.74) is 0. The van der Waals surface area contributed by atoms with E-state index in [9.17, 15) is 26.7 Å². The molecule has 0 bridgehead atoms. The SMILES string of the molecule is CC1C=C(OCC(F)(F)C(F)(F)F)NC1C(=O)O. The van der Waals surface area contributed by atoms with Crippen LogP contribution in [0.15, 0.2) is 12.0 Å². The standard InChI is InChI=1S/C9H10F5NO3/c1-4-2-5(15-6(4)7(16)17)18-3-8(10,11)9(12,13)14/h2,4,6,15H,3H2,1H3,(H,16,17). The summed E-state index contributed by atoms with van der Waals surface area (Å²) in [6.07, 6.45) is -4.56. The molecule has 104 valence electrons. The van der Waals surface area contributed by atoms with E-state index in [-0.39, 0.29) is 5.88 Å². The summed E-state index contributed by atoms with van der Waals surface area (Å²) in [5, 5.41) is 10.9. The molecule has 0 aromatic rings. The third-order valence-corrected chi connectivity index (χ3v) is 2.33. The van der Waals surface area contributed by atoms with Gasteiger partial charge < -0.3 is 15.2 Å². The van der Waals surface area contributed by atoms with Crippen molar-refractivity contribution in [3.05, 3.63) is 12.0 Å². The number of ether oxygens (including phenoxy) is 1. The number of rotatable bonds is 4. The Morgan fingerprint density at radius 3 is 2.39 bits per heavy atom. The normalized spacial score (nSPS) is 24.4. The van der Waals surface area contributed by atoms with Crippen molar-refractivity contribution in [2.24, 2.45) is 5.92 Å². The number of alkyl halides is 5. The van der Waals surface area contributed by atoms with Crippen LogP contribution in [0.5, 0.6) is 0 Å². The van der Waals surface area contributed by atoms with Gasteiger partial charge in [0.2, 0.25) is 0 Å². The van der Waals surface area contributed by atoms with Gasteiger partial charge in [-0.25, -0.2) is 4.79 Å². The number of carboxylic acid groups (broad SMARTS) is 1. The van der Waals surface area contributed by atoms with E-state index in [2.05, 4.69) is 10.1 Å². The lowest BCUT2D eigenvalue weighted by molar-refractivity contribution is -0.294. The minimum Gasteiger partial charge on any atom is -0.480 e. The number of aliphatic carboxylic acids is 1. The molecule has 0 amide bonds. The molecule has 1 heterocycles. The van der Waals surface area contributed by atoms with E-state index in [0.29, 0.717) is 0 Å². The Bertz CT molecular complexity index is 366. The summed E-state index contributed by atoms with van der Waals surface area (Å²) in [7, 11) is 0. The Labute approximate surface area is 98.4 Å². The third-order valence-electron chi connectivity index (χ3n) is 2.33. The molecule has 0 spiro atoms. The summed E-state index contributed by atoms with van der Waals surface area (Å²) in [4.78, 5) is 10.6. The largest absolute Gasteiger partial charge is 0.480 e. The van der Waals surface area contributed by atoms with Gasteiger partial charge in [0.05, 0.1) is 0 Å². The van der Waals surface area contributed by atoms with Crippen LogP contribution < -0.4 is 5.32 Å². The Balaban J connectivity index is 2.57. The minimum absolute atomic E-state index is 0.390. The maximum atomic E-state index is 12.5. The molecule has 1 aliphatic rings. The van der Waals surface area contributed by atoms with Gasteiger partial charge in [-0.05, 0) is 6.08 Å². The zero-order chi connectivity index (χ0) is 14.1. The van der Waals surface area contributed by atoms with Crippen LogP contribution in [-0.2, 0) is 9.53 Å². The number of nitrogens with one attached hydrogen (secondary N) is 1. The maximum absolute atomic E-state index is 12.5. The highest BCUT2D eigenvalue weighted by atomic mass is 19.4. The molecule has 0 aromatic carbocycles. The monoisotopic (exact) mass is 275 g/mol. The number of carbonyl (C=O) groups is 1. The summed E-state index contributed by atoms with van der Waals surface area (Å²) in [6.45, 7) is -0.432. The fraction of sp³-hybridized carbons (Fsp3) is 0.667. The van der Waals surface area contributed by atoms with Gasteiger partial charge in [-0.3, -0.25) is 0 Å². The molecule has 2 unspecified atom stereocenters. The van der Waals surface area contributed by atoms with E-state index in [1.54, 1.807) is 0 Å². The molecule has 1 rings (SSSR count). The molecule has 4 nitrogen and oxygen atoms in total. The molecule has 9 heteroatoms. The Kier molecular flexibility index (Phi) is 3.72. The molecule has 18 heavy (non-hydrogen) atoms. The van der Waals surface area contributed by atoms with Crippen LogP contribution in [0.1, 0.15) is 6.92 Å². The fourth-order valence-corrected chi connectivity index (χ4v) is 1.29. The fourth-order valence-electron chi connectivity index (χ4n) is 1.29. The highest BCUT2D eigenvalue weighted by Crippen LogP contribution is 2.36. The number of halogens is 5. The molecule has 0 radical (unpaired) electrons. The van der Waals surface area contributed by atoms with Gasteiger partial charge in [0.15, 0.2) is 12.5 Å². The highest BCUT2D eigenvalue weighted by molar-refractivity contribution is 5.75. The summed E-state index contributed by atoms with van der Waals surface area (Å²) >= 11 is 0. The first-order valence-electron chi connectivity index (χ1n) is 4.83. The van der Waals surface area contributed by atoms with Gasteiger partial charge in [-0.15, -0.1) is 0 Å². The zero-order valence-electron chi connectivity index (χ0n) is 9.09. The molecule has 0 saturated carbocycles. The lowest BCUT2D eigenvalue weighted by atomic mass is 10.1. The molecular formula is C9H10F5NO3. The second-order valence-corrected chi connectivity index (χ2v) is 3.84.